The number of alkyl halides is 3. The van der Waals surface area contributed by atoms with E-state index in [0.29, 0.717) is 48.1 Å². The first-order chi connectivity index (χ1) is 15.2. The topological polar surface area (TPSA) is 43.4 Å². The first-order valence-electron chi connectivity index (χ1n) is 10.3. The smallest absolute Gasteiger partial charge is 0.200 e. The molecule has 3 rings (SSSR count). The Morgan fingerprint density at radius 3 is 1.03 bits per heavy atom. The first kappa shape index (κ1) is 25.3. The van der Waals surface area contributed by atoms with E-state index in [4.69, 9.17) is 3.63 Å². The number of rotatable bonds is 5. The molecular weight excluding hydrogens is 469 g/mol. The van der Waals surface area contributed by atoms with Crippen LogP contribution in [-0.4, -0.2) is 13.9 Å². The standard InChI is InChI=1S/C25H27F3O3S2/c1-16-10-7-11-17(2)22(16)32(31-33(29,30)25(26,27)28,23-18(3)12-8-13-19(23)4)24-20(5)14-9-15-21(24)6/h7-15H,1-6H3. The van der Waals surface area contributed by atoms with Crippen molar-refractivity contribution in [3.05, 3.63) is 88.0 Å². The zero-order chi connectivity index (χ0) is 24.8. The van der Waals surface area contributed by atoms with Gasteiger partial charge in [0.2, 0.25) is 0 Å². The van der Waals surface area contributed by atoms with Crippen LogP contribution in [0.3, 0.4) is 0 Å². The maximum absolute atomic E-state index is 13.8. The normalized spacial score (nSPS) is 13.2. The lowest BCUT2D eigenvalue weighted by atomic mass is 10.1. The van der Waals surface area contributed by atoms with E-state index in [1.807, 2.05) is 0 Å². The molecule has 0 bridgehead atoms. The molecule has 0 aliphatic rings. The third-order valence-electron chi connectivity index (χ3n) is 5.56. The Morgan fingerprint density at radius 1 is 0.576 bits per heavy atom. The number of aryl methyl sites for hydroxylation is 6. The fourth-order valence-corrected chi connectivity index (χ4v) is 10.3. The van der Waals surface area contributed by atoms with Crippen LogP contribution in [0.4, 0.5) is 13.2 Å². The molecule has 0 spiro atoms. The van der Waals surface area contributed by atoms with Crippen LogP contribution in [0.5, 0.6) is 0 Å². The molecule has 0 fully saturated rings. The van der Waals surface area contributed by atoms with Gasteiger partial charge >= 0.3 is 15.6 Å². The molecule has 33 heavy (non-hydrogen) atoms. The summed E-state index contributed by atoms with van der Waals surface area (Å²) in [7, 11) is -9.33. The second-order valence-corrected chi connectivity index (χ2v) is 12.4. The molecule has 0 N–H and O–H groups in total. The highest BCUT2D eigenvalue weighted by atomic mass is 32.3. The van der Waals surface area contributed by atoms with E-state index < -0.39 is 25.9 Å². The van der Waals surface area contributed by atoms with E-state index in [0.717, 1.165) is 0 Å². The Balaban J connectivity index is 2.69. The van der Waals surface area contributed by atoms with Gasteiger partial charge in [-0.3, -0.25) is 0 Å². The molecular formula is C25H27F3O3S2. The van der Waals surface area contributed by atoms with Gasteiger partial charge in [0.25, 0.3) is 0 Å². The molecule has 0 aliphatic heterocycles. The fourth-order valence-electron chi connectivity index (χ4n) is 4.34. The molecule has 0 aromatic heterocycles. The Labute approximate surface area is 195 Å². The lowest BCUT2D eigenvalue weighted by Crippen LogP contribution is -2.29. The highest BCUT2D eigenvalue weighted by molar-refractivity contribution is 8.33. The number of hydrogen-bond donors (Lipinski definition) is 0. The van der Waals surface area contributed by atoms with Crippen LogP contribution >= 0.6 is 10.3 Å². The van der Waals surface area contributed by atoms with Gasteiger partial charge in [-0.2, -0.15) is 25.2 Å². The predicted octanol–water partition coefficient (Wildman–Crippen LogP) is 7.60. The second kappa shape index (κ2) is 8.81. The lowest BCUT2D eigenvalue weighted by Gasteiger charge is -2.44. The first-order valence-corrected chi connectivity index (χ1v) is 13.2. The Bertz CT molecular complexity index is 1130. The van der Waals surface area contributed by atoms with Crippen molar-refractivity contribution < 1.29 is 25.2 Å². The maximum Gasteiger partial charge on any atom is 0.524 e. The van der Waals surface area contributed by atoms with Gasteiger partial charge in [-0.1, -0.05) is 54.6 Å². The van der Waals surface area contributed by atoms with Crippen LogP contribution in [-0.2, 0) is 13.7 Å². The molecule has 8 heteroatoms. The largest absolute Gasteiger partial charge is 0.524 e. The van der Waals surface area contributed by atoms with Crippen molar-refractivity contribution in [2.75, 3.05) is 0 Å². The van der Waals surface area contributed by atoms with Crippen molar-refractivity contribution in [3.63, 3.8) is 0 Å². The molecule has 3 aromatic carbocycles. The molecule has 178 valence electrons. The molecule has 0 unspecified atom stereocenters. The minimum atomic E-state index is -5.96. The van der Waals surface area contributed by atoms with E-state index in [9.17, 15) is 21.6 Å². The van der Waals surface area contributed by atoms with Gasteiger partial charge in [0.1, 0.15) is 0 Å². The van der Waals surface area contributed by atoms with Crippen LogP contribution in [0.1, 0.15) is 33.4 Å². The van der Waals surface area contributed by atoms with Gasteiger partial charge in [-0.05, 0) is 85.2 Å². The van der Waals surface area contributed by atoms with Crippen molar-refractivity contribution in [3.8, 4) is 0 Å². The van der Waals surface area contributed by atoms with Crippen molar-refractivity contribution in [2.45, 2.75) is 61.7 Å². The van der Waals surface area contributed by atoms with Crippen molar-refractivity contribution in [1.82, 2.24) is 0 Å². The van der Waals surface area contributed by atoms with Gasteiger partial charge in [0.05, 0.1) is 0 Å². The van der Waals surface area contributed by atoms with E-state index >= 15 is 0 Å². The molecule has 0 radical (unpaired) electrons. The SMILES string of the molecule is Cc1cccc(C)c1S(OS(=O)(=O)C(F)(F)F)(c1c(C)cccc1C)c1c(C)cccc1C. The summed E-state index contributed by atoms with van der Waals surface area (Å²) >= 11 is 0. The Morgan fingerprint density at radius 2 is 0.818 bits per heavy atom. The van der Waals surface area contributed by atoms with Gasteiger partial charge in [-0.25, -0.2) is 0 Å². The average Bonchev–Trinajstić information content (AvgIpc) is 2.66. The number of hydrogen-bond acceptors (Lipinski definition) is 3. The second-order valence-electron chi connectivity index (χ2n) is 8.19. The van der Waals surface area contributed by atoms with Gasteiger partial charge < -0.3 is 0 Å². The van der Waals surface area contributed by atoms with Crippen LogP contribution < -0.4 is 0 Å². The molecule has 0 amide bonds. The summed E-state index contributed by atoms with van der Waals surface area (Å²) in [6.07, 6.45) is 0. The van der Waals surface area contributed by atoms with Gasteiger partial charge in [-0.15, -0.1) is 0 Å². The molecule has 3 nitrogen and oxygen atoms in total. The summed E-state index contributed by atoms with van der Waals surface area (Å²) in [5, 5.41) is 0. The van der Waals surface area contributed by atoms with Crippen molar-refractivity contribution in [2.24, 2.45) is 0 Å². The summed E-state index contributed by atoms with van der Waals surface area (Å²) in [5.74, 6) is 0. The van der Waals surface area contributed by atoms with E-state index in [-0.39, 0.29) is 0 Å². The molecule has 3 aromatic rings. The average molecular weight is 497 g/mol. The fraction of sp³-hybridized carbons (Fsp3) is 0.280. The van der Waals surface area contributed by atoms with E-state index in [1.54, 1.807) is 96.1 Å². The third kappa shape index (κ3) is 4.32. The molecule has 0 saturated heterocycles. The summed E-state index contributed by atoms with van der Waals surface area (Å²) in [6, 6.07) is 16.0. The quantitative estimate of drug-likeness (QED) is 0.342. The minimum absolute atomic E-state index is 0.465. The van der Waals surface area contributed by atoms with Crippen molar-refractivity contribution in [1.29, 1.82) is 0 Å². The Kier molecular flexibility index (Phi) is 6.77. The Hall–Kier alpha value is -2.29. The minimum Gasteiger partial charge on any atom is -0.200 e. The van der Waals surface area contributed by atoms with Crippen molar-refractivity contribution >= 4 is 20.4 Å². The van der Waals surface area contributed by atoms with Gasteiger partial charge in [0.15, 0.2) is 0 Å². The highest BCUT2D eigenvalue weighted by Gasteiger charge is 2.54. The van der Waals surface area contributed by atoms with Crippen LogP contribution in [0.15, 0.2) is 69.3 Å². The van der Waals surface area contributed by atoms with Gasteiger partial charge in [0, 0.05) is 14.7 Å². The summed E-state index contributed by atoms with van der Waals surface area (Å²) in [6.45, 7) is 10.6. The predicted molar refractivity (Wildman–Crippen MR) is 126 cm³/mol. The zero-order valence-electron chi connectivity index (χ0n) is 19.4. The maximum atomic E-state index is 13.8. The molecule has 0 heterocycles. The monoisotopic (exact) mass is 496 g/mol. The summed E-state index contributed by atoms with van der Waals surface area (Å²) < 4.78 is 72.5. The van der Waals surface area contributed by atoms with Crippen LogP contribution in [0.25, 0.3) is 0 Å². The lowest BCUT2D eigenvalue weighted by molar-refractivity contribution is -0.0496. The highest BCUT2D eigenvalue weighted by Crippen LogP contribution is 2.74. The van der Waals surface area contributed by atoms with Crippen LogP contribution in [0.2, 0.25) is 0 Å². The number of benzene rings is 3. The zero-order valence-corrected chi connectivity index (χ0v) is 21.0. The van der Waals surface area contributed by atoms with E-state index in [2.05, 4.69) is 0 Å². The molecule has 0 saturated carbocycles. The molecule has 0 atom stereocenters. The summed E-state index contributed by atoms with van der Waals surface area (Å²) in [4.78, 5) is 1.40. The number of halogens is 3. The van der Waals surface area contributed by atoms with Crippen LogP contribution in [0, 0.1) is 41.5 Å². The third-order valence-corrected chi connectivity index (χ3v) is 11.3. The summed E-state index contributed by atoms with van der Waals surface area (Å²) in [5.41, 5.74) is -1.62. The van der Waals surface area contributed by atoms with E-state index in [1.165, 1.54) is 0 Å². The molecule has 0 aliphatic carbocycles.